The van der Waals surface area contributed by atoms with Crippen molar-refractivity contribution >= 4 is 45.8 Å². The molecule has 3 rings (SSSR count). The van der Waals surface area contributed by atoms with E-state index in [0.29, 0.717) is 27.6 Å². The number of likely N-dealkylation sites (N-methyl/N-ethyl adjacent to an activating group) is 2. The predicted octanol–water partition coefficient (Wildman–Crippen LogP) is 2.74. The second-order valence-electron chi connectivity index (χ2n) is 7.65. The summed E-state index contributed by atoms with van der Waals surface area (Å²) in [6.45, 7) is 0. The van der Waals surface area contributed by atoms with Gasteiger partial charge < -0.3 is 16.0 Å². The number of benzene rings is 1. The molecule has 0 radical (unpaired) electrons. The molecule has 0 atom stereocenters. The van der Waals surface area contributed by atoms with E-state index in [2.05, 4.69) is 26.3 Å². The predicted molar refractivity (Wildman–Crippen MR) is 123 cm³/mol. The van der Waals surface area contributed by atoms with Crippen molar-refractivity contribution in [2.24, 2.45) is 5.92 Å². The summed E-state index contributed by atoms with van der Waals surface area (Å²) >= 11 is 1.21. The van der Waals surface area contributed by atoms with Crippen LogP contribution in [0.25, 0.3) is 0 Å². The molecule has 0 saturated heterocycles. The summed E-state index contributed by atoms with van der Waals surface area (Å²) in [4.78, 5) is 53.2. The molecule has 1 aromatic carbocycles. The number of hydrogen-bond donors (Lipinski definition) is 4. The number of anilines is 2. The highest BCUT2D eigenvalue weighted by molar-refractivity contribution is 7.14. The Kier molecular flexibility index (Phi) is 7.93. The summed E-state index contributed by atoms with van der Waals surface area (Å²) < 4.78 is 0. The molecule has 170 valence electrons. The molecule has 10 heteroatoms. The van der Waals surface area contributed by atoms with Crippen LogP contribution in [0.4, 0.5) is 15.6 Å². The lowest BCUT2D eigenvalue weighted by Crippen LogP contribution is -2.23. The minimum Gasteiger partial charge on any atom is -0.359 e. The highest BCUT2D eigenvalue weighted by atomic mass is 32.1. The van der Waals surface area contributed by atoms with Crippen LogP contribution in [0, 0.1) is 5.92 Å². The zero-order valence-electron chi connectivity index (χ0n) is 18.1. The van der Waals surface area contributed by atoms with E-state index in [0.717, 1.165) is 25.7 Å². The van der Waals surface area contributed by atoms with Crippen molar-refractivity contribution < 1.29 is 19.2 Å². The van der Waals surface area contributed by atoms with Gasteiger partial charge in [-0.1, -0.05) is 18.9 Å². The smallest absolute Gasteiger partial charge is 0.325 e. The summed E-state index contributed by atoms with van der Waals surface area (Å²) in [5.41, 5.74) is 2.06. The first-order chi connectivity index (χ1) is 15.4. The largest absolute Gasteiger partial charge is 0.359 e. The Hall–Kier alpha value is -3.27. The number of rotatable bonds is 8. The maximum absolute atomic E-state index is 13.1. The van der Waals surface area contributed by atoms with Gasteiger partial charge in [0.15, 0.2) is 10.9 Å². The van der Waals surface area contributed by atoms with Crippen LogP contribution in [-0.2, 0) is 22.4 Å². The topological polar surface area (TPSA) is 129 Å². The molecule has 1 aliphatic rings. The van der Waals surface area contributed by atoms with Gasteiger partial charge in [-0.2, -0.15) is 0 Å². The number of urea groups is 1. The minimum atomic E-state index is -0.537. The first-order valence-corrected chi connectivity index (χ1v) is 11.4. The molecule has 0 aliphatic heterocycles. The first kappa shape index (κ1) is 23.4. The molecule has 2 aromatic rings. The van der Waals surface area contributed by atoms with Gasteiger partial charge >= 0.3 is 6.03 Å². The average molecular weight is 458 g/mol. The van der Waals surface area contributed by atoms with Gasteiger partial charge in [-0.15, -0.1) is 11.3 Å². The third kappa shape index (κ3) is 6.13. The molecular formula is C22H27N5O4S. The van der Waals surface area contributed by atoms with Gasteiger partial charge in [-0.3, -0.25) is 19.7 Å². The summed E-state index contributed by atoms with van der Waals surface area (Å²) in [5.74, 6) is -0.406. The monoisotopic (exact) mass is 457 g/mol. The summed E-state index contributed by atoms with van der Waals surface area (Å²) in [7, 11) is 3.11. The van der Waals surface area contributed by atoms with Crippen LogP contribution in [0.1, 0.15) is 47.3 Å². The van der Waals surface area contributed by atoms with Crippen LogP contribution in [0.2, 0.25) is 0 Å². The van der Waals surface area contributed by atoms with Gasteiger partial charge in [0.05, 0.1) is 24.2 Å². The molecule has 1 aliphatic carbocycles. The van der Waals surface area contributed by atoms with E-state index in [1.165, 1.54) is 11.3 Å². The Morgan fingerprint density at radius 2 is 1.69 bits per heavy atom. The number of ketones is 1. The molecule has 1 saturated carbocycles. The molecule has 32 heavy (non-hydrogen) atoms. The van der Waals surface area contributed by atoms with Crippen molar-refractivity contribution in [2.45, 2.75) is 38.5 Å². The van der Waals surface area contributed by atoms with Gasteiger partial charge in [0.1, 0.15) is 0 Å². The second-order valence-corrected chi connectivity index (χ2v) is 8.51. The fraction of sp³-hybridized carbons (Fsp3) is 0.409. The lowest BCUT2D eigenvalue weighted by atomic mass is 9.93. The van der Waals surface area contributed by atoms with E-state index in [1.54, 1.807) is 37.7 Å². The third-order valence-electron chi connectivity index (χ3n) is 5.36. The first-order valence-electron chi connectivity index (χ1n) is 10.5. The minimum absolute atomic E-state index is 0.0151. The van der Waals surface area contributed by atoms with Crippen LogP contribution in [-0.4, -0.2) is 42.7 Å². The molecule has 0 unspecified atom stereocenters. The number of thiazole rings is 1. The number of amides is 4. The maximum Gasteiger partial charge on any atom is 0.325 e. The number of nitrogens with zero attached hydrogens (tertiary/aromatic N) is 1. The number of aromatic nitrogens is 1. The molecule has 1 aromatic heterocycles. The SMILES string of the molecule is CNC(=O)Cc1ccc(NC(=O)Nc2nc(CC(=O)NC)cs2)c(C(=O)C2CCCC2)c1. The van der Waals surface area contributed by atoms with Crippen molar-refractivity contribution in [1.29, 1.82) is 0 Å². The molecule has 1 fully saturated rings. The Bertz CT molecular complexity index is 1010. The standard InChI is InChI=1S/C22H27N5O4S/c1-23-18(28)10-13-7-8-17(16(9-13)20(30)14-5-3-4-6-14)26-21(31)27-22-25-15(12-32-22)11-19(29)24-2/h7-9,12,14H,3-6,10-11H2,1-2H3,(H,23,28)(H,24,29)(H2,25,26,27,31). The van der Waals surface area contributed by atoms with E-state index < -0.39 is 6.03 Å². The molecule has 9 nitrogen and oxygen atoms in total. The Labute approximate surface area is 190 Å². The van der Waals surface area contributed by atoms with E-state index in [9.17, 15) is 19.2 Å². The lowest BCUT2D eigenvalue weighted by molar-refractivity contribution is -0.120. The summed E-state index contributed by atoms with van der Waals surface area (Å²) in [6, 6.07) is 4.53. The number of nitrogens with one attached hydrogen (secondary N) is 4. The molecule has 0 spiro atoms. The van der Waals surface area contributed by atoms with E-state index in [4.69, 9.17) is 0 Å². The van der Waals surface area contributed by atoms with Crippen molar-refractivity contribution in [3.63, 3.8) is 0 Å². The fourth-order valence-corrected chi connectivity index (χ4v) is 4.35. The van der Waals surface area contributed by atoms with Crippen molar-refractivity contribution in [3.8, 4) is 0 Å². The van der Waals surface area contributed by atoms with Crippen LogP contribution < -0.4 is 21.3 Å². The Morgan fingerprint density at radius 3 is 2.38 bits per heavy atom. The van der Waals surface area contributed by atoms with Gasteiger partial charge in [-0.25, -0.2) is 9.78 Å². The molecule has 1 heterocycles. The molecule has 4 N–H and O–H groups in total. The average Bonchev–Trinajstić information content (AvgIpc) is 3.46. The fourth-order valence-electron chi connectivity index (χ4n) is 3.65. The second kappa shape index (κ2) is 10.9. The van der Waals surface area contributed by atoms with Crippen LogP contribution >= 0.6 is 11.3 Å². The summed E-state index contributed by atoms with van der Waals surface area (Å²) in [6.07, 6.45) is 3.97. The zero-order valence-corrected chi connectivity index (χ0v) is 18.9. The van der Waals surface area contributed by atoms with Gasteiger partial charge in [0.25, 0.3) is 0 Å². The molecular weight excluding hydrogens is 430 g/mol. The number of hydrogen-bond acceptors (Lipinski definition) is 6. The highest BCUT2D eigenvalue weighted by Crippen LogP contribution is 2.31. The van der Waals surface area contributed by atoms with Crippen LogP contribution in [0.15, 0.2) is 23.6 Å². The van der Waals surface area contributed by atoms with Gasteiger partial charge in [0, 0.05) is 31.0 Å². The van der Waals surface area contributed by atoms with Crippen molar-refractivity contribution in [3.05, 3.63) is 40.4 Å². The Balaban J connectivity index is 1.75. The van der Waals surface area contributed by atoms with Crippen LogP contribution in [0.3, 0.4) is 0 Å². The van der Waals surface area contributed by atoms with Crippen LogP contribution in [0.5, 0.6) is 0 Å². The Morgan fingerprint density at radius 1 is 1.00 bits per heavy atom. The normalized spacial score (nSPS) is 13.4. The number of carbonyl (C=O) groups excluding carboxylic acids is 4. The third-order valence-corrected chi connectivity index (χ3v) is 6.17. The highest BCUT2D eigenvalue weighted by Gasteiger charge is 2.26. The molecule has 4 amide bonds. The lowest BCUT2D eigenvalue weighted by Gasteiger charge is -2.15. The van der Waals surface area contributed by atoms with E-state index in [-0.39, 0.29) is 36.4 Å². The van der Waals surface area contributed by atoms with Gasteiger partial charge in [-0.05, 0) is 30.5 Å². The molecule has 0 bridgehead atoms. The maximum atomic E-state index is 13.1. The van der Waals surface area contributed by atoms with E-state index in [1.807, 2.05) is 0 Å². The van der Waals surface area contributed by atoms with Crippen molar-refractivity contribution in [1.82, 2.24) is 15.6 Å². The van der Waals surface area contributed by atoms with Gasteiger partial charge in [0.2, 0.25) is 11.8 Å². The zero-order chi connectivity index (χ0) is 23.1. The van der Waals surface area contributed by atoms with E-state index >= 15 is 0 Å². The number of Topliss-reactive ketones (excluding diaryl/α,β-unsaturated/α-hetero) is 1. The number of carbonyl (C=O) groups is 4. The van der Waals surface area contributed by atoms with Crippen molar-refractivity contribution in [2.75, 3.05) is 24.7 Å². The summed E-state index contributed by atoms with van der Waals surface area (Å²) in [5, 5.41) is 12.5. The quantitative estimate of drug-likeness (QED) is 0.453.